The molecule has 0 saturated carbocycles. The second-order valence-electron chi connectivity index (χ2n) is 6.25. The van der Waals surface area contributed by atoms with Crippen molar-refractivity contribution >= 4 is 21.4 Å². The molecule has 6 nitrogen and oxygen atoms in total. The number of benzene rings is 2. The first kappa shape index (κ1) is 17.1. The van der Waals surface area contributed by atoms with E-state index in [0.717, 1.165) is 37.9 Å². The fourth-order valence-electron chi connectivity index (χ4n) is 3.37. The molecular weight excluding hydrogens is 357 g/mol. The zero-order valence-electron chi connectivity index (χ0n) is 14.2. The number of ether oxygens (including phenoxy) is 1. The summed E-state index contributed by atoms with van der Waals surface area (Å²) in [6.45, 7) is 3.85. The number of para-hydroxylation sites is 1. The number of halogens is 1. The van der Waals surface area contributed by atoms with E-state index in [0.29, 0.717) is 11.4 Å². The standard InChI is InChI=1S/C18H20FN3O3S/c19-14-3-1-4-15(13-14)26(23,24)22-11-12-25-18-16(5-2-6-17(18)22)21-9-7-20-8-10-21/h1-6,13,20H,7-12H2. The molecule has 0 atom stereocenters. The van der Waals surface area contributed by atoms with Gasteiger partial charge in [0.15, 0.2) is 5.75 Å². The topological polar surface area (TPSA) is 61.9 Å². The molecule has 2 aliphatic heterocycles. The third kappa shape index (κ3) is 2.99. The van der Waals surface area contributed by atoms with Gasteiger partial charge in [-0.1, -0.05) is 12.1 Å². The lowest BCUT2D eigenvalue weighted by atomic mass is 10.2. The van der Waals surface area contributed by atoms with Crippen molar-refractivity contribution in [2.75, 3.05) is 48.5 Å². The van der Waals surface area contributed by atoms with Gasteiger partial charge in [0.2, 0.25) is 0 Å². The smallest absolute Gasteiger partial charge is 0.264 e. The molecule has 1 fully saturated rings. The highest BCUT2D eigenvalue weighted by Gasteiger charge is 2.32. The maximum absolute atomic E-state index is 13.5. The summed E-state index contributed by atoms with van der Waals surface area (Å²) in [5.41, 5.74) is 1.39. The molecule has 0 amide bonds. The second kappa shape index (κ2) is 6.77. The fourth-order valence-corrected chi connectivity index (χ4v) is 4.85. The molecule has 2 aromatic rings. The minimum absolute atomic E-state index is 0.0575. The first-order valence-corrected chi connectivity index (χ1v) is 10.0. The van der Waals surface area contributed by atoms with E-state index in [4.69, 9.17) is 4.74 Å². The van der Waals surface area contributed by atoms with E-state index in [1.165, 1.54) is 22.5 Å². The quantitative estimate of drug-likeness (QED) is 0.884. The van der Waals surface area contributed by atoms with E-state index >= 15 is 0 Å². The normalized spacial score (nSPS) is 17.6. The van der Waals surface area contributed by atoms with Crippen LogP contribution in [0.5, 0.6) is 5.75 Å². The highest BCUT2D eigenvalue weighted by molar-refractivity contribution is 7.92. The number of anilines is 2. The summed E-state index contributed by atoms with van der Waals surface area (Å²) >= 11 is 0. The van der Waals surface area contributed by atoms with Gasteiger partial charge in [-0.05, 0) is 30.3 Å². The van der Waals surface area contributed by atoms with Crippen LogP contribution in [-0.2, 0) is 10.0 Å². The number of rotatable bonds is 3. The highest BCUT2D eigenvalue weighted by atomic mass is 32.2. The van der Waals surface area contributed by atoms with Gasteiger partial charge in [-0.2, -0.15) is 0 Å². The summed E-state index contributed by atoms with van der Waals surface area (Å²) in [4.78, 5) is 2.13. The largest absolute Gasteiger partial charge is 0.487 e. The molecule has 26 heavy (non-hydrogen) atoms. The van der Waals surface area contributed by atoms with E-state index < -0.39 is 15.8 Å². The second-order valence-corrected chi connectivity index (χ2v) is 8.11. The zero-order valence-corrected chi connectivity index (χ0v) is 15.0. The van der Waals surface area contributed by atoms with Crippen molar-refractivity contribution in [1.29, 1.82) is 0 Å². The van der Waals surface area contributed by atoms with Crippen LogP contribution < -0.4 is 19.3 Å². The molecule has 0 radical (unpaired) electrons. The average Bonchev–Trinajstić information content (AvgIpc) is 2.67. The van der Waals surface area contributed by atoms with Crippen LogP contribution in [0.4, 0.5) is 15.8 Å². The Kier molecular flexibility index (Phi) is 4.46. The number of hydrogen-bond acceptors (Lipinski definition) is 5. The predicted molar refractivity (Wildman–Crippen MR) is 98.0 cm³/mol. The summed E-state index contributed by atoms with van der Waals surface area (Å²) in [6.07, 6.45) is 0. The van der Waals surface area contributed by atoms with Crippen LogP contribution in [0.1, 0.15) is 0 Å². The number of nitrogens with one attached hydrogen (secondary N) is 1. The van der Waals surface area contributed by atoms with Gasteiger partial charge in [-0.15, -0.1) is 0 Å². The fraction of sp³-hybridized carbons (Fsp3) is 0.333. The number of piperazine rings is 1. The highest BCUT2D eigenvalue weighted by Crippen LogP contribution is 2.42. The van der Waals surface area contributed by atoms with Gasteiger partial charge in [0.1, 0.15) is 12.4 Å². The van der Waals surface area contributed by atoms with Crippen LogP contribution >= 0.6 is 0 Å². The van der Waals surface area contributed by atoms with Gasteiger partial charge in [0, 0.05) is 26.2 Å². The average molecular weight is 377 g/mol. The van der Waals surface area contributed by atoms with E-state index in [1.807, 2.05) is 12.1 Å². The maximum atomic E-state index is 13.5. The Morgan fingerprint density at radius 2 is 1.73 bits per heavy atom. The summed E-state index contributed by atoms with van der Waals surface area (Å²) in [5.74, 6) is -0.00486. The SMILES string of the molecule is O=S(=O)(c1cccc(F)c1)N1CCOc2c(N3CCNCC3)cccc21. The summed E-state index contributed by atoms with van der Waals surface area (Å²) in [7, 11) is -3.86. The Labute approximate surface area is 152 Å². The summed E-state index contributed by atoms with van der Waals surface area (Å²) in [6, 6.07) is 10.6. The van der Waals surface area contributed by atoms with Crippen molar-refractivity contribution in [3.8, 4) is 5.75 Å². The van der Waals surface area contributed by atoms with E-state index in [9.17, 15) is 12.8 Å². The molecule has 0 aromatic heterocycles. The van der Waals surface area contributed by atoms with Gasteiger partial charge in [0.25, 0.3) is 10.0 Å². The summed E-state index contributed by atoms with van der Waals surface area (Å²) < 4.78 is 46.8. The van der Waals surface area contributed by atoms with Crippen molar-refractivity contribution in [3.05, 3.63) is 48.3 Å². The molecule has 0 unspecified atom stereocenters. The lowest BCUT2D eigenvalue weighted by Crippen LogP contribution is -2.44. The minimum Gasteiger partial charge on any atom is -0.487 e. The van der Waals surface area contributed by atoms with Crippen molar-refractivity contribution < 1.29 is 17.5 Å². The van der Waals surface area contributed by atoms with Crippen LogP contribution in [0.3, 0.4) is 0 Å². The van der Waals surface area contributed by atoms with E-state index in [2.05, 4.69) is 10.2 Å². The van der Waals surface area contributed by atoms with Crippen LogP contribution in [0.15, 0.2) is 47.4 Å². The molecule has 2 aromatic carbocycles. The lowest BCUT2D eigenvalue weighted by Gasteiger charge is -2.36. The van der Waals surface area contributed by atoms with Crippen molar-refractivity contribution in [2.45, 2.75) is 4.90 Å². The van der Waals surface area contributed by atoms with Crippen molar-refractivity contribution in [1.82, 2.24) is 5.32 Å². The van der Waals surface area contributed by atoms with Crippen LogP contribution in [0.2, 0.25) is 0 Å². The monoisotopic (exact) mass is 377 g/mol. The Hall–Kier alpha value is -2.32. The van der Waals surface area contributed by atoms with E-state index in [-0.39, 0.29) is 18.0 Å². The number of fused-ring (bicyclic) bond motifs is 1. The van der Waals surface area contributed by atoms with Gasteiger partial charge in [-0.3, -0.25) is 4.31 Å². The molecule has 8 heteroatoms. The van der Waals surface area contributed by atoms with Gasteiger partial charge in [-0.25, -0.2) is 12.8 Å². The first-order valence-electron chi connectivity index (χ1n) is 8.57. The molecule has 138 valence electrons. The third-order valence-corrected chi connectivity index (χ3v) is 6.43. The minimum atomic E-state index is -3.86. The van der Waals surface area contributed by atoms with Gasteiger partial charge in [0.05, 0.1) is 22.8 Å². The van der Waals surface area contributed by atoms with Crippen molar-refractivity contribution in [2.24, 2.45) is 0 Å². The first-order chi connectivity index (χ1) is 12.6. The van der Waals surface area contributed by atoms with Gasteiger partial charge < -0.3 is 15.0 Å². The number of nitrogens with zero attached hydrogens (tertiary/aromatic N) is 2. The van der Waals surface area contributed by atoms with Gasteiger partial charge >= 0.3 is 0 Å². The molecule has 2 heterocycles. The molecule has 0 bridgehead atoms. The molecule has 4 rings (SSSR count). The molecular formula is C18H20FN3O3S. The Bertz CT molecular complexity index is 914. The Morgan fingerprint density at radius 3 is 2.50 bits per heavy atom. The molecule has 2 aliphatic rings. The van der Waals surface area contributed by atoms with Crippen LogP contribution in [0.25, 0.3) is 0 Å². The molecule has 0 aliphatic carbocycles. The Balaban J connectivity index is 1.76. The summed E-state index contributed by atoms with van der Waals surface area (Å²) in [5, 5.41) is 3.30. The van der Waals surface area contributed by atoms with E-state index in [1.54, 1.807) is 6.07 Å². The molecule has 0 spiro atoms. The number of hydrogen-bond donors (Lipinski definition) is 1. The number of sulfonamides is 1. The maximum Gasteiger partial charge on any atom is 0.264 e. The van der Waals surface area contributed by atoms with Crippen molar-refractivity contribution in [3.63, 3.8) is 0 Å². The van der Waals surface area contributed by atoms with Crippen LogP contribution in [0, 0.1) is 5.82 Å². The molecule has 1 saturated heterocycles. The lowest BCUT2D eigenvalue weighted by molar-refractivity contribution is 0.315. The third-order valence-electron chi connectivity index (χ3n) is 4.62. The van der Waals surface area contributed by atoms with Crippen LogP contribution in [-0.4, -0.2) is 47.7 Å². The predicted octanol–water partition coefficient (Wildman–Crippen LogP) is 1.82. The zero-order chi connectivity index (χ0) is 18.1. The Morgan fingerprint density at radius 1 is 1.00 bits per heavy atom. The molecule has 1 N–H and O–H groups in total.